The summed E-state index contributed by atoms with van der Waals surface area (Å²) >= 11 is 12.8. The molecule has 252 valence electrons. The normalized spacial score (nSPS) is 14.2. The van der Waals surface area contributed by atoms with E-state index in [0.29, 0.717) is 21.3 Å². The summed E-state index contributed by atoms with van der Waals surface area (Å²) in [5, 5.41) is 4.00. The molecule has 10 heteroatoms. The molecule has 1 saturated carbocycles. The van der Waals surface area contributed by atoms with Crippen molar-refractivity contribution in [3.63, 3.8) is 0 Å². The molecule has 1 N–H and O–H groups in total. The van der Waals surface area contributed by atoms with E-state index in [0.717, 1.165) is 53.1 Å². The minimum Gasteiger partial charge on any atom is -0.352 e. The Labute approximate surface area is 293 Å². The van der Waals surface area contributed by atoms with Gasteiger partial charge in [0.2, 0.25) is 11.8 Å². The van der Waals surface area contributed by atoms with Gasteiger partial charge in [0.25, 0.3) is 10.0 Å². The van der Waals surface area contributed by atoms with Crippen LogP contribution in [0.15, 0.2) is 102 Å². The quantitative estimate of drug-likeness (QED) is 0.162. The van der Waals surface area contributed by atoms with Gasteiger partial charge >= 0.3 is 0 Å². The number of nitrogens with zero attached hydrogens (tertiary/aromatic N) is 2. The standard InChI is InChI=1S/C38H41Cl2N3O4S/c1-27-13-19-33(20-14-27)43(48(46,47)34-21-15-28(2)16-22-34)26-37(44)42(25-30-17-18-31(39)24-35(30)40)36(23-29-9-5-3-6-10-29)38(45)41-32-11-7-4-8-12-32/h3,5-6,9-10,13-22,24,32,36H,4,7-8,11-12,23,25-26H2,1-2H3,(H,41,45)/t36-/m1/s1. The van der Waals surface area contributed by atoms with Crippen molar-refractivity contribution in [3.8, 4) is 0 Å². The molecule has 5 rings (SSSR count). The second-order valence-corrected chi connectivity index (χ2v) is 15.2. The number of amides is 2. The first-order valence-corrected chi connectivity index (χ1v) is 18.4. The highest BCUT2D eigenvalue weighted by molar-refractivity contribution is 7.92. The van der Waals surface area contributed by atoms with Gasteiger partial charge in [0.05, 0.1) is 10.6 Å². The third kappa shape index (κ3) is 8.98. The van der Waals surface area contributed by atoms with Gasteiger partial charge in [0, 0.05) is 29.1 Å². The van der Waals surface area contributed by atoms with Crippen molar-refractivity contribution < 1.29 is 18.0 Å². The molecule has 48 heavy (non-hydrogen) atoms. The number of hydrogen-bond donors (Lipinski definition) is 1. The SMILES string of the molecule is Cc1ccc(N(CC(=O)N(Cc2ccc(Cl)cc2Cl)[C@H](Cc2ccccc2)C(=O)NC2CCCCC2)S(=O)(=O)c2ccc(C)cc2)cc1. The zero-order valence-corrected chi connectivity index (χ0v) is 29.6. The summed E-state index contributed by atoms with van der Waals surface area (Å²) in [5.74, 6) is -0.829. The molecule has 4 aromatic carbocycles. The summed E-state index contributed by atoms with van der Waals surface area (Å²) < 4.78 is 29.6. The minimum absolute atomic E-state index is 0.00608. The van der Waals surface area contributed by atoms with Crippen molar-refractivity contribution >= 4 is 50.7 Å². The fraction of sp³-hybridized carbons (Fsp3) is 0.316. The predicted octanol–water partition coefficient (Wildman–Crippen LogP) is 7.89. The van der Waals surface area contributed by atoms with E-state index in [4.69, 9.17) is 23.2 Å². The number of carbonyl (C=O) groups is 2. The van der Waals surface area contributed by atoms with Crippen LogP contribution >= 0.6 is 23.2 Å². The van der Waals surface area contributed by atoms with Gasteiger partial charge in [-0.15, -0.1) is 0 Å². The fourth-order valence-corrected chi connectivity index (χ4v) is 7.89. The molecule has 4 aromatic rings. The second kappa shape index (κ2) is 16.0. The summed E-state index contributed by atoms with van der Waals surface area (Å²) in [4.78, 5) is 30.5. The highest BCUT2D eigenvalue weighted by Gasteiger charge is 2.35. The molecule has 0 aromatic heterocycles. The van der Waals surface area contributed by atoms with Gasteiger partial charge in [-0.1, -0.05) is 114 Å². The molecular formula is C38H41Cl2N3O4S. The smallest absolute Gasteiger partial charge is 0.264 e. The number of anilines is 1. The average molecular weight is 707 g/mol. The zero-order chi connectivity index (χ0) is 34.3. The van der Waals surface area contributed by atoms with Gasteiger partial charge in [0.1, 0.15) is 12.6 Å². The maximum atomic E-state index is 14.7. The van der Waals surface area contributed by atoms with Crippen LogP contribution in [-0.2, 0) is 32.6 Å². The molecule has 1 atom stereocenters. The summed E-state index contributed by atoms with van der Waals surface area (Å²) in [6.45, 7) is 3.22. The van der Waals surface area contributed by atoms with Crippen molar-refractivity contribution in [1.29, 1.82) is 0 Å². The van der Waals surface area contributed by atoms with Crippen molar-refractivity contribution in [2.45, 2.75) is 75.9 Å². The van der Waals surface area contributed by atoms with Gasteiger partial charge in [0.15, 0.2) is 0 Å². The molecule has 0 saturated heterocycles. The Morgan fingerprint density at radius 2 is 1.46 bits per heavy atom. The van der Waals surface area contributed by atoms with Gasteiger partial charge < -0.3 is 10.2 Å². The van der Waals surface area contributed by atoms with E-state index < -0.39 is 28.5 Å². The van der Waals surface area contributed by atoms with E-state index in [1.54, 1.807) is 54.6 Å². The first kappa shape index (κ1) is 35.5. The largest absolute Gasteiger partial charge is 0.352 e. The number of aryl methyl sites for hydroxylation is 2. The number of hydrogen-bond acceptors (Lipinski definition) is 4. The molecule has 2 amide bonds. The van der Waals surface area contributed by atoms with Crippen molar-refractivity contribution in [3.05, 3.63) is 129 Å². The lowest BCUT2D eigenvalue weighted by molar-refractivity contribution is -0.140. The lowest BCUT2D eigenvalue weighted by Crippen LogP contribution is -2.55. The number of nitrogens with one attached hydrogen (secondary N) is 1. The van der Waals surface area contributed by atoms with Crippen molar-refractivity contribution in [2.75, 3.05) is 10.8 Å². The third-order valence-electron chi connectivity index (χ3n) is 8.79. The third-order valence-corrected chi connectivity index (χ3v) is 11.2. The first-order chi connectivity index (χ1) is 23.0. The van der Waals surface area contributed by atoms with E-state index in [1.165, 1.54) is 17.0 Å². The highest BCUT2D eigenvalue weighted by atomic mass is 35.5. The molecule has 0 spiro atoms. The van der Waals surface area contributed by atoms with E-state index in [2.05, 4.69) is 5.32 Å². The van der Waals surface area contributed by atoms with Crippen LogP contribution in [0.5, 0.6) is 0 Å². The number of benzene rings is 4. The number of sulfonamides is 1. The monoisotopic (exact) mass is 705 g/mol. The number of rotatable bonds is 12. The summed E-state index contributed by atoms with van der Waals surface area (Å²) in [7, 11) is -4.18. The molecule has 0 unspecified atom stereocenters. The molecule has 0 bridgehead atoms. The average Bonchev–Trinajstić information content (AvgIpc) is 3.07. The Bertz CT molecular complexity index is 1810. The van der Waals surface area contributed by atoms with Crippen LogP contribution in [0.25, 0.3) is 0 Å². The summed E-state index contributed by atoms with van der Waals surface area (Å²) in [6, 6.07) is 27.1. The van der Waals surface area contributed by atoms with Crippen LogP contribution < -0.4 is 9.62 Å². The molecule has 1 fully saturated rings. The maximum Gasteiger partial charge on any atom is 0.264 e. The van der Waals surface area contributed by atoms with Crippen molar-refractivity contribution in [1.82, 2.24) is 10.2 Å². The van der Waals surface area contributed by atoms with Gasteiger partial charge in [-0.2, -0.15) is 0 Å². The van der Waals surface area contributed by atoms with Crippen LogP contribution in [0.1, 0.15) is 54.4 Å². The van der Waals surface area contributed by atoms with E-state index >= 15 is 0 Å². The fourth-order valence-electron chi connectivity index (χ4n) is 6.01. The van der Waals surface area contributed by atoms with Crippen LogP contribution in [0.2, 0.25) is 10.0 Å². The number of halogens is 2. The molecule has 0 heterocycles. The molecule has 0 aliphatic heterocycles. The van der Waals surface area contributed by atoms with Crippen LogP contribution in [0, 0.1) is 13.8 Å². The molecule has 1 aliphatic rings. The Hall–Kier alpha value is -3.85. The Morgan fingerprint density at radius 1 is 0.833 bits per heavy atom. The lowest BCUT2D eigenvalue weighted by Gasteiger charge is -2.35. The van der Waals surface area contributed by atoms with Gasteiger partial charge in [-0.3, -0.25) is 13.9 Å². The van der Waals surface area contributed by atoms with Crippen LogP contribution in [0.3, 0.4) is 0 Å². The Morgan fingerprint density at radius 3 is 2.08 bits per heavy atom. The van der Waals surface area contributed by atoms with Crippen LogP contribution in [0.4, 0.5) is 5.69 Å². The topological polar surface area (TPSA) is 86.8 Å². The summed E-state index contributed by atoms with van der Waals surface area (Å²) in [5.41, 5.74) is 3.64. The summed E-state index contributed by atoms with van der Waals surface area (Å²) in [6.07, 6.45) is 5.16. The molecule has 1 aliphatic carbocycles. The second-order valence-electron chi connectivity index (χ2n) is 12.5. The highest BCUT2D eigenvalue weighted by Crippen LogP contribution is 2.28. The first-order valence-electron chi connectivity index (χ1n) is 16.2. The minimum atomic E-state index is -4.18. The van der Waals surface area contributed by atoms with Gasteiger partial charge in [-0.05, 0) is 74.2 Å². The lowest BCUT2D eigenvalue weighted by atomic mass is 9.94. The van der Waals surface area contributed by atoms with Crippen molar-refractivity contribution in [2.24, 2.45) is 0 Å². The molecule has 0 radical (unpaired) electrons. The van der Waals surface area contributed by atoms with E-state index in [9.17, 15) is 18.0 Å². The van der Waals surface area contributed by atoms with Gasteiger partial charge in [-0.25, -0.2) is 8.42 Å². The predicted molar refractivity (Wildman–Crippen MR) is 193 cm³/mol. The van der Waals surface area contributed by atoms with E-state index in [1.807, 2.05) is 44.2 Å². The molecular weight excluding hydrogens is 665 g/mol. The van der Waals surface area contributed by atoms with Crippen LogP contribution in [-0.4, -0.2) is 43.8 Å². The maximum absolute atomic E-state index is 14.7. The number of carbonyl (C=O) groups excluding carboxylic acids is 2. The zero-order valence-electron chi connectivity index (χ0n) is 27.2. The Kier molecular flexibility index (Phi) is 11.8. The van der Waals surface area contributed by atoms with E-state index in [-0.39, 0.29) is 29.8 Å². The Balaban J connectivity index is 1.57. The molecule has 7 nitrogen and oxygen atoms in total.